The molecule has 0 aromatic carbocycles. The second-order valence-corrected chi connectivity index (χ2v) is 27.0. The smallest absolute Gasteiger partial charge is 0.404 e. The summed E-state index contributed by atoms with van der Waals surface area (Å²) in [7, 11) is 0.254. The predicted octanol–water partition coefficient (Wildman–Crippen LogP) is -10.7. The molecule has 0 bridgehead atoms. The van der Waals surface area contributed by atoms with Crippen LogP contribution in [0.3, 0.4) is 0 Å². The van der Waals surface area contributed by atoms with E-state index in [0.29, 0.717) is 22.3 Å². The van der Waals surface area contributed by atoms with Crippen molar-refractivity contribution in [3.05, 3.63) is 56.8 Å². The zero-order chi connectivity index (χ0) is 71.0. The number of carbonyl (C=O) groups is 8. The van der Waals surface area contributed by atoms with Gasteiger partial charge in [0, 0.05) is 55.2 Å². The fourth-order valence-corrected chi connectivity index (χ4v) is 12.1. The number of nitrogen functional groups attached to an aromatic ring is 1. The van der Waals surface area contributed by atoms with Crippen LogP contribution in [0.25, 0.3) is 10.7 Å². The summed E-state index contributed by atoms with van der Waals surface area (Å²) in [6.07, 6.45) is -20.0. The highest BCUT2D eigenvalue weighted by Crippen LogP contribution is 2.35. The molecule has 6 rings (SSSR count). The Morgan fingerprint density at radius 3 is 2.08 bits per heavy atom. The number of nitrogens with one attached hydrogen (secondary N) is 7. The van der Waals surface area contributed by atoms with Crippen molar-refractivity contribution in [2.45, 2.75) is 157 Å². The number of hydrogen-bond acceptors (Lipinski definition) is 31. The zero-order valence-corrected chi connectivity index (χ0v) is 56.5. The Kier molecular flexibility index (Phi) is 31.0. The van der Waals surface area contributed by atoms with Crippen LogP contribution >= 0.6 is 22.7 Å². The molecule has 0 saturated carbocycles. The molecule has 10 unspecified atom stereocenters. The van der Waals surface area contributed by atoms with Crippen molar-refractivity contribution in [3.63, 3.8) is 0 Å². The number of carbonyl (C=O) groups excluding carboxylic acids is 8. The molecule has 42 heteroatoms. The molecule has 2 saturated heterocycles. The quantitative estimate of drug-likeness (QED) is 0.0150. The lowest BCUT2D eigenvalue weighted by molar-refractivity contribution is -0.372. The number of amides is 8. The molecule has 2 aliphatic heterocycles. The third kappa shape index (κ3) is 21.7. The number of nitrogens with two attached hydrogens (primary N) is 5. The third-order valence-electron chi connectivity index (χ3n) is 15.3. The first-order valence-electron chi connectivity index (χ1n) is 29.8. The molecule has 25 N–H and O–H groups in total. The second kappa shape index (κ2) is 37.3. The topological polar surface area (TPSA) is 627 Å². The van der Waals surface area contributed by atoms with Gasteiger partial charge in [-0.3, -0.25) is 33.6 Å². The van der Waals surface area contributed by atoms with Gasteiger partial charge in [-0.2, -0.15) is 0 Å². The number of aromatic nitrogens is 6. The molecule has 2 fully saturated rings. The highest BCUT2D eigenvalue weighted by atomic mass is 35.5. The van der Waals surface area contributed by atoms with Crippen LogP contribution in [0.2, 0.25) is 0 Å². The maximum Gasteiger partial charge on any atom is 0.404 e. The molecule has 2 aliphatic rings. The molecule has 4 aromatic heterocycles. The van der Waals surface area contributed by atoms with Gasteiger partial charge in [0.05, 0.1) is 85.2 Å². The average Bonchev–Trinajstić information content (AvgIpc) is 1.16. The van der Waals surface area contributed by atoms with Crippen molar-refractivity contribution >= 4 is 86.8 Å². The highest BCUT2D eigenvalue weighted by Gasteiger charge is 2.54. The summed E-state index contributed by atoms with van der Waals surface area (Å²) in [6, 6.07) is -7.85. The van der Waals surface area contributed by atoms with Crippen molar-refractivity contribution in [1.82, 2.24) is 61.8 Å². The van der Waals surface area contributed by atoms with E-state index in [1.54, 1.807) is 10.8 Å². The van der Waals surface area contributed by atoms with Crippen molar-refractivity contribution in [1.29, 1.82) is 0 Å². The molecule has 4 aromatic rings. The molecule has 0 aliphatic carbocycles. The first-order valence-corrected chi connectivity index (χ1v) is 33.8. The predicted molar refractivity (Wildman–Crippen MR) is 339 cm³/mol. The molecule has 97 heavy (non-hydrogen) atoms. The standard InChI is InChI=1S/C55H83N17O21S3.ClH/c1-20-33(69-46(72-44(20)58)25(12-31(57)76)64-13-24(56)45(59)82)50(86)71-35(41(26-14-61-19-65-26)91-54-43(39(80)37(78)29(15-73)90-54)92-53-40(81)42(93-55(60)88)38(79)30(16-74)89-53)51(87)66-22(3)36(77)21(2)47(83)70-34(23(4)75)49(85)63-10-8-32-67-28(18-94-32)52-68-27(17-95-52)48(84)62-9-7-11-96(5)6;/h14,17-19,21-25,29-30,34-43,53-54,64,73-75,77-81H,7-13,15-16,56H2,1-6H3,(H13-,57,58,59,60,61,62,63,65,66,69,70,71,72,76,82,83,84,85,86,87,88);1H/t21-,22+,23+,24-,25-,29?,30?,34-,35-,36-,37?,38?,39?,40?,41-,42?,43?,53?,54?;/m0./s1. The molecule has 38 nitrogen and oxygen atoms in total. The minimum atomic E-state index is -2.20. The Labute approximate surface area is 571 Å². The fourth-order valence-electron chi connectivity index (χ4n) is 9.80. The lowest BCUT2D eigenvalue weighted by Crippen LogP contribution is -3.00. The molecule has 540 valence electrons. The Bertz CT molecular complexity index is 3290. The molecule has 0 radical (unpaired) electrons. The minimum absolute atomic E-state index is 0. The number of aliphatic hydroxyl groups excluding tert-OH is 8. The first kappa shape index (κ1) is 80.7. The number of hydrogen-bond donors (Lipinski definition) is 20. The van der Waals surface area contributed by atoms with E-state index >= 15 is 4.79 Å². The SMILES string of the molecule is Cc1c(N)nc([C@H](CC(N)=O)NC[C@H](N)C(N)=O)nc1C(=O)N[C@H](C(=O)N[C@H](C)[C@@H](O)[C@H](C)C(=O)N[C@H](C(=O)NCCc1nc(-c2nc(C(=O)NCCC[S+](C)C)cs2)cs1)[C@@H](C)O)[C@@H](OC1OC(CO)C(O)C(O)C1OC1OC(CO)C(O)C(OC(N)=O)C1O)c1cnc[nH]1.[Cl-]. The summed E-state index contributed by atoms with van der Waals surface area (Å²) >= 11 is 2.52. The van der Waals surface area contributed by atoms with E-state index in [-0.39, 0.29) is 77.3 Å². The number of H-pyrrole nitrogens is 1. The van der Waals surface area contributed by atoms with Crippen LogP contribution in [0.15, 0.2) is 23.3 Å². The summed E-state index contributed by atoms with van der Waals surface area (Å²) in [5.74, 6) is -7.69. The monoisotopic (exact) mass is 1450 g/mol. The fraction of sp³-hybridized carbons (Fsp3) is 0.618. The molecule has 19 atom stereocenters. The van der Waals surface area contributed by atoms with E-state index in [9.17, 15) is 74.4 Å². The molecule has 8 amide bonds. The molecule has 6 heterocycles. The van der Waals surface area contributed by atoms with Crippen LogP contribution in [-0.4, -0.2) is 267 Å². The zero-order valence-electron chi connectivity index (χ0n) is 53.3. The summed E-state index contributed by atoms with van der Waals surface area (Å²) in [5, 5.41) is 108. The van der Waals surface area contributed by atoms with E-state index in [1.165, 1.54) is 50.4 Å². The van der Waals surface area contributed by atoms with Crippen molar-refractivity contribution in [3.8, 4) is 10.7 Å². The van der Waals surface area contributed by atoms with Gasteiger partial charge in [0.2, 0.25) is 29.5 Å². The number of aliphatic hydroxyl groups is 8. The number of thiazole rings is 2. The lowest BCUT2D eigenvalue weighted by atomic mass is 9.96. The summed E-state index contributed by atoms with van der Waals surface area (Å²) in [6.45, 7) is 3.18. The van der Waals surface area contributed by atoms with E-state index in [2.05, 4.69) is 74.3 Å². The van der Waals surface area contributed by atoms with Crippen molar-refractivity contribution in [2.75, 3.05) is 56.8 Å². The van der Waals surface area contributed by atoms with Crippen LogP contribution in [0.4, 0.5) is 10.6 Å². The number of ether oxygens (including phenoxy) is 5. The molecular weight excluding hydrogens is 1370 g/mol. The van der Waals surface area contributed by atoms with E-state index < -0.39 is 183 Å². The average molecular weight is 1450 g/mol. The summed E-state index contributed by atoms with van der Waals surface area (Å²) in [5.41, 5.74) is 28.1. The number of nitrogens with zero attached hydrogens (tertiary/aromatic N) is 5. The van der Waals surface area contributed by atoms with Gasteiger partial charge < -0.3 is 142 Å². The Balaban J connectivity index is 0.0000170. The van der Waals surface area contributed by atoms with E-state index in [4.69, 9.17) is 52.4 Å². The maximum absolute atomic E-state index is 15.2. The van der Waals surface area contributed by atoms with Gasteiger partial charge in [0.1, 0.15) is 100 Å². The summed E-state index contributed by atoms with van der Waals surface area (Å²) in [4.78, 5) is 131. The van der Waals surface area contributed by atoms with Crippen LogP contribution in [0.5, 0.6) is 0 Å². The van der Waals surface area contributed by atoms with Crippen LogP contribution in [-0.2, 0) is 65.0 Å². The van der Waals surface area contributed by atoms with Gasteiger partial charge in [-0.25, -0.2) is 29.7 Å². The van der Waals surface area contributed by atoms with Crippen molar-refractivity contribution in [2.24, 2.45) is 28.9 Å². The van der Waals surface area contributed by atoms with Crippen LogP contribution in [0.1, 0.15) is 88.8 Å². The number of aromatic amines is 1. The number of imidazole rings is 1. The van der Waals surface area contributed by atoms with E-state index in [0.717, 1.165) is 24.7 Å². The van der Waals surface area contributed by atoms with Gasteiger partial charge in [-0.1, -0.05) is 6.92 Å². The Morgan fingerprint density at radius 1 is 0.784 bits per heavy atom. The van der Waals surface area contributed by atoms with Gasteiger partial charge in [0.25, 0.3) is 11.8 Å². The van der Waals surface area contributed by atoms with Crippen LogP contribution < -0.4 is 73.0 Å². The Hall–Kier alpha value is -7.01. The third-order valence-corrected chi connectivity index (χ3v) is 18.2. The van der Waals surface area contributed by atoms with Gasteiger partial charge in [-0.15, -0.1) is 22.7 Å². The molecule has 0 spiro atoms. The normalized spacial score (nSPS) is 23.8. The lowest BCUT2D eigenvalue weighted by Gasteiger charge is -2.47. The van der Waals surface area contributed by atoms with E-state index in [1.807, 2.05) is 0 Å². The Morgan fingerprint density at radius 2 is 1.46 bits per heavy atom. The largest absolute Gasteiger partial charge is 1.00 e. The molecular formula is C55H84ClN17O21S3. The number of halogens is 1. The highest BCUT2D eigenvalue weighted by molar-refractivity contribution is 7.95. The maximum atomic E-state index is 15.2. The van der Waals surface area contributed by atoms with Crippen molar-refractivity contribution < 1.29 is 115 Å². The van der Waals surface area contributed by atoms with Gasteiger partial charge in [0.15, 0.2) is 18.7 Å². The van der Waals surface area contributed by atoms with Gasteiger partial charge >= 0.3 is 6.09 Å². The summed E-state index contributed by atoms with van der Waals surface area (Å²) < 4.78 is 28.7. The number of rotatable bonds is 35. The minimum Gasteiger partial charge on any atom is -1.00 e. The van der Waals surface area contributed by atoms with Gasteiger partial charge in [-0.05, 0) is 31.7 Å². The number of primary amides is 3. The first-order chi connectivity index (χ1) is 45.3. The van der Waals surface area contributed by atoms with Crippen LogP contribution in [0, 0.1) is 12.8 Å². The number of anilines is 1. The second-order valence-electron chi connectivity index (χ2n) is 22.8.